The smallest absolute Gasteiger partial charge is 0.335 e. The fourth-order valence-corrected chi connectivity index (χ4v) is 2.73. The van der Waals surface area contributed by atoms with Gasteiger partial charge in [-0.15, -0.1) is 11.3 Å². The molecule has 1 amide bonds. The summed E-state index contributed by atoms with van der Waals surface area (Å²) in [5.74, 6) is -1.15. The second-order valence-electron chi connectivity index (χ2n) is 4.80. The van der Waals surface area contributed by atoms with Crippen LogP contribution in [0.15, 0.2) is 29.6 Å². The van der Waals surface area contributed by atoms with Crippen LogP contribution in [0.25, 0.3) is 0 Å². The number of aromatic nitrogens is 1. The van der Waals surface area contributed by atoms with Crippen LogP contribution in [0.3, 0.4) is 0 Å². The Morgan fingerprint density at radius 1 is 1.43 bits per heavy atom. The lowest BCUT2D eigenvalue weighted by molar-refractivity contribution is -0.121. The molecule has 0 fully saturated rings. The van der Waals surface area contributed by atoms with E-state index in [9.17, 15) is 9.59 Å². The van der Waals surface area contributed by atoms with Crippen molar-refractivity contribution in [3.63, 3.8) is 0 Å². The van der Waals surface area contributed by atoms with Crippen molar-refractivity contribution in [1.29, 1.82) is 0 Å². The van der Waals surface area contributed by atoms with Gasteiger partial charge in [0.25, 0.3) is 0 Å². The molecule has 0 spiro atoms. The molecule has 0 aliphatic heterocycles. The third-order valence-corrected chi connectivity index (χ3v) is 4.07. The lowest BCUT2D eigenvalue weighted by Gasteiger charge is -2.11. The van der Waals surface area contributed by atoms with Gasteiger partial charge in [0.05, 0.1) is 18.0 Å². The average molecular weight is 304 g/mol. The highest BCUT2D eigenvalue weighted by Gasteiger charge is 2.13. The Morgan fingerprint density at radius 2 is 2.19 bits per heavy atom. The highest BCUT2D eigenvalue weighted by atomic mass is 32.1. The number of benzene rings is 1. The van der Waals surface area contributed by atoms with Gasteiger partial charge in [0.2, 0.25) is 5.91 Å². The first-order valence-electron chi connectivity index (χ1n) is 6.49. The van der Waals surface area contributed by atoms with Crippen LogP contribution >= 0.6 is 11.3 Å². The number of hydrogen-bond donors (Lipinski definition) is 2. The second-order valence-corrected chi connectivity index (χ2v) is 5.69. The van der Waals surface area contributed by atoms with Gasteiger partial charge in [0.1, 0.15) is 5.01 Å². The number of thiazole rings is 1. The van der Waals surface area contributed by atoms with E-state index in [4.69, 9.17) is 5.11 Å². The molecule has 0 saturated carbocycles. The fourth-order valence-electron chi connectivity index (χ4n) is 1.93. The van der Waals surface area contributed by atoms with Crippen molar-refractivity contribution in [2.24, 2.45) is 0 Å². The number of carboxylic acids is 1. The molecule has 1 heterocycles. The minimum absolute atomic E-state index is 0.149. The molecule has 2 aromatic rings. The summed E-state index contributed by atoms with van der Waals surface area (Å²) in [4.78, 5) is 27.2. The number of hydrogen-bond acceptors (Lipinski definition) is 4. The van der Waals surface area contributed by atoms with Crippen molar-refractivity contribution < 1.29 is 14.7 Å². The molecule has 1 atom stereocenters. The van der Waals surface area contributed by atoms with Gasteiger partial charge in [0.15, 0.2) is 0 Å². The van der Waals surface area contributed by atoms with Crippen LogP contribution < -0.4 is 5.32 Å². The molecular weight excluding hydrogens is 288 g/mol. The summed E-state index contributed by atoms with van der Waals surface area (Å²) in [6.07, 6.45) is 0.149. The number of carboxylic acid groups (broad SMARTS) is 1. The second kappa shape index (κ2) is 6.49. The molecule has 6 heteroatoms. The molecule has 21 heavy (non-hydrogen) atoms. The Morgan fingerprint density at radius 3 is 2.81 bits per heavy atom. The van der Waals surface area contributed by atoms with Crippen molar-refractivity contribution >= 4 is 23.2 Å². The molecule has 0 bridgehead atoms. The Hall–Kier alpha value is -2.21. The molecule has 0 aliphatic carbocycles. The molecule has 5 nitrogen and oxygen atoms in total. The van der Waals surface area contributed by atoms with Crippen LogP contribution in [0.1, 0.15) is 39.6 Å². The monoisotopic (exact) mass is 304 g/mol. The summed E-state index contributed by atoms with van der Waals surface area (Å²) in [5, 5.41) is 14.6. The Bertz CT molecular complexity index is 666. The summed E-state index contributed by atoms with van der Waals surface area (Å²) in [6, 6.07) is 6.24. The summed E-state index contributed by atoms with van der Waals surface area (Å²) in [6.45, 7) is 3.79. The van der Waals surface area contributed by atoms with Gasteiger partial charge >= 0.3 is 5.97 Å². The molecule has 1 aromatic carbocycles. The summed E-state index contributed by atoms with van der Waals surface area (Å²) in [5.41, 5.74) is 1.80. The molecule has 1 unspecified atom stereocenters. The van der Waals surface area contributed by atoms with Gasteiger partial charge in [-0.25, -0.2) is 9.78 Å². The number of aromatic carboxylic acids is 1. The third-order valence-electron chi connectivity index (χ3n) is 2.92. The van der Waals surface area contributed by atoms with E-state index in [0.717, 1.165) is 10.7 Å². The van der Waals surface area contributed by atoms with Gasteiger partial charge in [0, 0.05) is 11.1 Å². The van der Waals surface area contributed by atoms with Gasteiger partial charge in [-0.1, -0.05) is 12.1 Å². The van der Waals surface area contributed by atoms with Crippen LogP contribution in [-0.2, 0) is 11.2 Å². The van der Waals surface area contributed by atoms with Gasteiger partial charge in [-0.3, -0.25) is 4.79 Å². The average Bonchev–Trinajstić information content (AvgIpc) is 2.85. The van der Waals surface area contributed by atoms with Crippen molar-refractivity contribution in [2.75, 3.05) is 0 Å². The Balaban J connectivity index is 1.98. The Kier molecular flexibility index (Phi) is 4.70. The predicted molar refractivity (Wildman–Crippen MR) is 80.5 cm³/mol. The SMILES string of the molecule is Cc1csc(C(C)NC(=O)Cc2cccc(C(=O)O)c2)n1. The minimum Gasteiger partial charge on any atom is -0.478 e. The number of amides is 1. The molecule has 2 N–H and O–H groups in total. The summed E-state index contributed by atoms with van der Waals surface area (Å²) in [7, 11) is 0. The first-order chi connectivity index (χ1) is 9.95. The molecule has 0 aliphatic rings. The highest BCUT2D eigenvalue weighted by molar-refractivity contribution is 7.09. The minimum atomic E-state index is -0.996. The van der Waals surface area contributed by atoms with Crippen LogP contribution in [0.4, 0.5) is 0 Å². The van der Waals surface area contributed by atoms with E-state index in [-0.39, 0.29) is 23.9 Å². The fraction of sp³-hybridized carbons (Fsp3) is 0.267. The normalized spacial score (nSPS) is 11.9. The van der Waals surface area contributed by atoms with E-state index in [0.29, 0.717) is 5.56 Å². The predicted octanol–water partition coefficient (Wildman–Crippen LogP) is 2.57. The first-order valence-corrected chi connectivity index (χ1v) is 7.37. The number of nitrogens with zero attached hydrogens (tertiary/aromatic N) is 1. The molecule has 0 saturated heterocycles. The molecular formula is C15H16N2O3S. The quantitative estimate of drug-likeness (QED) is 0.889. The van der Waals surface area contributed by atoms with Crippen molar-refractivity contribution in [3.05, 3.63) is 51.5 Å². The number of rotatable bonds is 5. The van der Waals surface area contributed by atoms with E-state index in [2.05, 4.69) is 10.3 Å². The zero-order valence-corrected chi connectivity index (χ0v) is 12.6. The van der Waals surface area contributed by atoms with Crippen molar-refractivity contribution in [1.82, 2.24) is 10.3 Å². The molecule has 2 rings (SSSR count). The largest absolute Gasteiger partial charge is 0.478 e. The zero-order chi connectivity index (χ0) is 15.4. The van der Waals surface area contributed by atoms with E-state index < -0.39 is 5.97 Å². The topological polar surface area (TPSA) is 79.3 Å². The number of carbonyl (C=O) groups is 2. The molecule has 110 valence electrons. The van der Waals surface area contributed by atoms with E-state index in [1.54, 1.807) is 12.1 Å². The maximum Gasteiger partial charge on any atom is 0.335 e. The Labute approximate surface area is 126 Å². The van der Waals surface area contributed by atoms with E-state index in [1.807, 2.05) is 19.2 Å². The summed E-state index contributed by atoms with van der Waals surface area (Å²) >= 11 is 1.51. The van der Waals surface area contributed by atoms with E-state index in [1.165, 1.54) is 23.5 Å². The maximum atomic E-state index is 12.0. The lowest BCUT2D eigenvalue weighted by Crippen LogP contribution is -2.28. The van der Waals surface area contributed by atoms with Crippen LogP contribution in [-0.4, -0.2) is 22.0 Å². The lowest BCUT2D eigenvalue weighted by atomic mass is 10.1. The summed E-state index contributed by atoms with van der Waals surface area (Å²) < 4.78 is 0. The maximum absolute atomic E-state index is 12.0. The number of nitrogens with one attached hydrogen (secondary N) is 1. The number of aryl methyl sites for hydroxylation is 1. The molecule has 1 aromatic heterocycles. The molecule has 0 radical (unpaired) electrons. The highest BCUT2D eigenvalue weighted by Crippen LogP contribution is 2.17. The van der Waals surface area contributed by atoms with Gasteiger partial charge in [-0.2, -0.15) is 0 Å². The van der Waals surface area contributed by atoms with Crippen LogP contribution in [0.2, 0.25) is 0 Å². The van der Waals surface area contributed by atoms with Gasteiger partial charge in [-0.05, 0) is 31.5 Å². The van der Waals surface area contributed by atoms with Crippen LogP contribution in [0, 0.1) is 6.92 Å². The zero-order valence-electron chi connectivity index (χ0n) is 11.8. The van der Waals surface area contributed by atoms with Crippen LogP contribution in [0.5, 0.6) is 0 Å². The first kappa shape index (κ1) is 15.2. The van der Waals surface area contributed by atoms with Gasteiger partial charge < -0.3 is 10.4 Å². The number of carbonyl (C=O) groups excluding carboxylic acids is 1. The van der Waals surface area contributed by atoms with E-state index >= 15 is 0 Å². The third kappa shape index (κ3) is 4.13. The van der Waals surface area contributed by atoms with Crippen molar-refractivity contribution in [2.45, 2.75) is 26.3 Å². The standard InChI is InChI=1S/C15H16N2O3S/c1-9-8-21-14(16-9)10(2)17-13(18)7-11-4-3-5-12(6-11)15(19)20/h3-6,8,10H,7H2,1-2H3,(H,17,18)(H,19,20). The van der Waals surface area contributed by atoms with Crippen molar-refractivity contribution in [3.8, 4) is 0 Å².